The Hall–Kier alpha value is -0.530. The van der Waals surface area contributed by atoms with Crippen molar-refractivity contribution in [3.8, 4) is 0 Å². The van der Waals surface area contributed by atoms with Crippen LogP contribution in [0.4, 0.5) is 5.69 Å². The van der Waals surface area contributed by atoms with E-state index in [1.165, 1.54) is 25.0 Å². The van der Waals surface area contributed by atoms with Gasteiger partial charge in [0.25, 0.3) is 0 Å². The molecule has 0 unspecified atom stereocenters. The Morgan fingerprint density at radius 2 is 2.05 bits per heavy atom. The lowest BCUT2D eigenvalue weighted by atomic mass is 10.3. The van der Waals surface area contributed by atoms with E-state index in [-0.39, 0.29) is 15.6 Å². The van der Waals surface area contributed by atoms with Gasteiger partial charge in [-0.15, -0.1) is 0 Å². The first-order valence-electron chi connectivity index (χ1n) is 6.25. The quantitative estimate of drug-likeness (QED) is 0.778. The molecule has 0 saturated heterocycles. The third kappa shape index (κ3) is 3.77. The molecule has 2 rings (SSSR count). The molecule has 1 aliphatic carbocycles. The molecule has 1 aliphatic rings. The third-order valence-electron chi connectivity index (χ3n) is 3.23. The van der Waals surface area contributed by atoms with Gasteiger partial charge in [-0.05, 0) is 32.0 Å². The minimum atomic E-state index is -3.73. The van der Waals surface area contributed by atoms with E-state index in [0.29, 0.717) is 24.2 Å². The highest BCUT2D eigenvalue weighted by Gasteiger charge is 2.26. The van der Waals surface area contributed by atoms with Gasteiger partial charge in [-0.3, -0.25) is 0 Å². The van der Waals surface area contributed by atoms with Crippen molar-refractivity contribution >= 4 is 38.9 Å². The molecule has 3 N–H and O–H groups in total. The summed E-state index contributed by atoms with van der Waals surface area (Å²) in [5.74, 6) is 0. The average Bonchev–Trinajstić information content (AvgIpc) is 3.09. The second-order valence-electron chi connectivity index (χ2n) is 4.92. The Morgan fingerprint density at radius 3 is 2.60 bits per heavy atom. The number of nitrogen functional groups attached to an aromatic ring is 1. The molecular weight excluding hydrogens is 321 g/mol. The van der Waals surface area contributed by atoms with E-state index in [2.05, 4.69) is 9.62 Å². The first kappa shape index (κ1) is 15.9. The number of likely N-dealkylation sites (N-methyl/N-ethyl adjacent to an activating group) is 1. The lowest BCUT2D eigenvalue weighted by Crippen LogP contribution is -2.34. The molecule has 112 valence electrons. The first-order chi connectivity index (χ1) is 9.31. The van der Waals surface area contributed by atoms with Gasteiger partial charge in [-0.1, -0.05) is 23.2 Å². The number of sulfonamides is 1. The molecule has 1 aromatic carbocycles. The maximum Gasteiger partial charge on any atom is 0.244 e. The number of rotatable bonds is 6. The molecule has 0 bridgehead atoms. The maximum absolute atomic E-state index is 12.2. The number of hydrogen-bond donors (Lipinski definition) is 2. The number of nitrogens with two attached hydrogens (primary N) is 1. The number of hydrogen-bond acceptors (Lipinski definition) is 4. The second kappa shape index (κ2) is 6.07. The van der Waals surface area contributed by atoms with Crippen LogP contribution in [0.2, 0.25) is 10.0 Å². The number of halogens is 2. The molecule has 0 aliphatic heterocycles. The van der Waals surface area contributed by atoms with Crippen LogP contribution in [0.1, 0.15) is 12.8 Å². The summed E-state index contributed by atoms with van der Waals surface area (Å²) in [5, 5.41) is 0.331. The zero-order valence-corrected chi connectivity index (χ0v) is 13.4. The lowest BCUT2D eigenvalue weighted by Gasteiger charge is -2.16. The van der Waals surface area contributed by atoms with Crippen LogP contribution in [-0.4, -0.2) is 39.5 Å². The third-order valence-corrected chi connectivity index (χ3v) is 5.44. The predicted molar refractivity (Wildman–Crippen MR) is 81.7 cm³/mol. The van der Waals surface area contributed by atoms with Gasteiger partial charge in [0.05, 0.1) is 10.7 Å². The van der Waals surface area contributed by atoms with Crippen LogP contribution in [0.15, 0.2) is 17.0 Å². The van der Waals surface area contributed by atoms with E-state index in [0.717, 1.165) is 0 Å². The lowest BCUT2D eigenvalue weighted by molar-refractivity contribution is 0.329. The monoisotopic (exact) mass is 337 g/mol. The molecule has 0 spiro atoms. The smallest absolute Gasteiger partial charge is 0.244 e. The molecule has 0 radical (unpaired) electrons. The predicted octanol–water partition coefficient (Wildman–Crippen LogP) is 1.95. The minimum absolute atomic E-state index is 0.0260. The first-order valence-corrected chi connectivity index (χ1v) is 8.49. The van der Waals surface area contributed by atoms with E-state index in [1.807, 2.05) is 7.05 Å². The maximum atomic E-state index is 12.2. The highest BCUT2D eigenvalue weighted by Crippen LogP contribution is 2.31. The Balaban J connectivity index is 2.06. The average molecular weight is 338 g/mol. The van der Waals surface area contributed by atoms with Crippen molar-refractivity contribution in [3.05, 3.63) is 22.2 Å². The van der Waals surface area contributed by atoms with Gasteiger partial charge in [0.15, 0.2) is 0 Å². The van der Waals surface area contributed by atoms with Crippen molar-refractivity contribution in [1.29, 1.82) is 0 Å². The van der Waals surface area contributed by atoms with Crippen LogP contribution in [0.25, 0.3) is 0 Å². The molecule has 0 heterocycles. The summed E-state index contributed by atoms with van der Waals surface area (Å²) in [6.07, 6.45) is 2.36. The molecule has 20 heavy (non-hydrogen) atoms. The molecule has 1 aromatic rings. The molecule has 8 heteroatoms. The summed E-state index contributed by atoms with van der Waals surface area (Å²) >= 11 is 11.7. The van der Waals surface area contributed by atoms with Gasteiger partial charge in [0.1, 0.15) is 4.90 Å². The van der Waals surface area contributed by atoms with E-state index in [4.69, 9.17) is 28.9 Å². The fraction of sp³-hybridized carbons (Fsp3) is 0.500. The van der Waals surface area contributed by atoms with E-state index in [9.17, 15) is 8.42 Å². The normalized spacial score (nSPS) is 15.8. The molecule has 0 aromatic heterocycles. The molecular formula is C12H17Cl2N3O2S. The molecule has 5 nitrogen and oxygen atoms in total. The zero-order valence-electron chi connectivity index (χ0n) is 11.1. The molecule has 0 amide bonds. The number of nitrogens with one attached hydrogen (secondary N) is 1. The van der Waals surface area contributed by atoms with Crippen molar-refractivity contribution in [2.24, 2.45) is 0 Å². The van der Waals surface area contributed by atoms with Crippen molar-refractivity contribution in [2.75, 3.05) is 25.9 Å². The summed E-state index contributed by atoms with van der Waals surface area (Å²) in [6, 6.07) is 3.33. The minimum Gasteiger partial charge on any atom is -0.398 e. The fourth-order valence-corrected chi connectivity index (χ4v) is 3.99. The fourth-order valence-electron chi connectivity index (χ4n) is 1.99. The van der Waals surface area contributed by atoms with Crippen LogP contribution in [0.5, 0.6) is 0 Å². The van der Waals surface area contributed by atoms with Gasteiger partial charge in [0, 0.05) is 24.2 Å². The van der Waals surface area contributed by atoms with Gasteiger partial charge in [-0.25, -0.2) is 13.1 Å². The Labute approximate surface area is 129 Å². The molecule has 1 fully saturated rings. The van der Waals surface area contributed by atoms with Gasteiger partial charge in [-0.2, -0.15) is 0 Å². The van der Waals surface area contributed by atoms with Crippen LogP contribution in [0.3, 0.4) is 0 Å². The molecule has 1 saturated carbocycles. The Morgan fingerprint density at radius 1 is 1.40 bits per heavy atom. The Kier molecular flexibility index (Phi) is 4.81. The van der Waals surface area contributed by atoms with Crippen molar-refractivity contribution in [2.45, 2.75) is 23.8 Å². The van der Waals surface area contributed by atoms with E-state index < -0.39 is 10.0 Å². The summed E-state index contributed by atoms with van der Waals surface area (Å²) in [6.45, 7) is 0.961. The summed E-state index contributed by atoms with van der Waals surface area (Å²) in [4.78, 5) is 2.02. The Bertz CT molecular complexity index is 580. The second-order valence-corrected chi connectivity index (χ2v) is 7.46. The van der Waals surface area contributed by atoms with Crippen molar-refractivity contribution in [1.82, 2.24) is 9.62 Å². The van der Waals surface area contributed by atoms with Crippen LogP contribution < -0.4 is 10.5 Å². The SMILES string of the molecule is CN(CCNS(=O)(=O)c1c(N)cc(Cl)cc1Cl)C1CC1. The summed E-state index contributed by atoms with van der Waals surface area (Å²) in [5.41, 5.74) is 5.75. The zero-order chi connectivity index (χ0) is 14.9. The van der Waals surface area contributed by atoms with Crippen LogP contribution in [-0.2, 0) is 10.0 Å². The van der Waals surface area contributed by atoms with E-state index >= 15 is 0 Å². The number of anilines is 1. The van der Waals surface area contributed by atoms with E-state index in [1.54, 1.807) is 0 Å². The standard InChI is InChI=1S/C12H17Cl2N3O2S/c1-17(9-2-3-9)5-4-16-20(18,19)12-10(14)6-8(13)7-11(12)15/h6-7,9,16H,2-5,15H2,1H3. The molecule has 0 atom stereocenters. The van der Waals surface area contributed by atoms with Gasteiger partial charge in [0.2, 0.25) is 10.0 Å². The summed E-state index contributed by atoms with van der Waals surface area (Å²) in [7, 11) is -1.75. The topological polar surface area (TPSA) is 75.4 Å². The van der Waals surface area contributed by atoms with Crippen LogP contribution >= 0.6 is 23.2 Å². The number of nitrogens with zero attached hydrogens (tertiary/aromatic N) is 1. The summed E-state index contributed by atoms with van der Waals surface area (Å²) < 4.78 is 26.9. The van der Waals surface area contributed by atoms with Gasteiger partial charge < -0.3 is 10.6 Å². The number of benzene rings is 1. The van der Waals surface area contributed by atoms with Gasteiger partial charge >= 0.3 is 0 Å². The highest BCUT2D eigenvalue weighted by molar-refractivity contribution is 7.89. The largest absolute Gasteiger partial charge is 0.398 e. The highest BCUT2D eigenvalue weighted by atomic mass is 35.5. The van der Waals surface area contributed by atoms with Crippen molar-refractivity contribution in [3.63, 3.8) is 0 Å². The van der Waals surface area contributed by atoms with Crippen LogP contribution in [0, 0.1) is 0 Å². The van der Waals surface area contributed by atoms with Crippen molar-refractivity contribution < 1.29 is 8.42 Å².